The minimum atomic E-state index is -1.22. The predicted molar refractivity (Wildman–Crippen MR) is 123 cm³/mol. The van der Waals surface area contributed by atoms with Crippen LogP contribution in [0.5, 0.6) is 5.88 Å². The lowest BCUT2D eigenvalue weighted by Gasteiger charge is -2.15. The second kappa shape index (κ2) is 8.88. The highest BCUT2D eigenvalue weighted by molar-refractivity contribution is 6.76. The lowest BCUT2D eigenvalue weighted by Crippen LogP contribution is -2.24. The lowest BCUT2D eigenvalue weighted by atomic mass is 10.1. The molecule has 11 heteroatoms. The fourth-order valence-electron chi connectivity index (χ4n) is 2.99. The van der Waals surface area contributed by atoms with Gasteiger partial charge in [0.25, 0.3) is 0 Å². The van der Waals surface area contributed by atoms with E-state index in [-0.39, 0.29) is 23.9 Å². The third-order valence-electron chi connectivity index (χ3n) is 5.05. The molecule has 0 saturated heterocycles. The van der Waals surface area contributed by atoms with Crippen LogP contribution in [0, 0.1) is 24.1 Å². The van der Waals surface area contributed by atoms with E-state index in [9.17, 15) is 9.65 Å². The molecule has 3 aromatic rings. The number of hydrogen-bond donors (Lipinski definition) is 1. The van der Waals surface area contributed by atoms with Gasteiger partial charge in [-0.05, 0) is 26.8 Å². The normalized spacial score (nSPS) is 12.2. The van der Waals surface area contributed by atoms with Gasteiger partial charge in [-0.2, -0.15) is 20.3 Å². The SMILES string of the molecule is COc1nc(Nc2cn(C(C)(C)C#N)nc2C)nc2c1c(F)cn2COCC[Si](C)(C)C. The minimum absolute atomic E-state index is 0.123. The summed E-state index contributed by atoms with van der Waals surface area (Å²) in [5.74, 6) is -0.122. The van der Waals surface area contributed by atoms with Crippen LogP contribution < -0.4 is 10.1 Å². The molecule has 32 heavy (non-hydrogen) atoms. The summed E-state index contributed by atoms with van der Waals surface area (Å²) in [6.45, 7) is 13.0. The average molecular weight is 460 g/mol. The third-order valence-corrected chi connectivity index (χ3v) is 6.75. The summed E-state index contributed by atoms with van der Waals surface area (Å²) in [6.07, 6.45) is 3.07. The first-order chi connectivity index (χ1) is 14.9. The molecule has 0 atom stereocenters. The van der Waals surface area contributed by atoms with Crippen molar-refractivity contribution in [3.05, 3.63) is 23.9 Å². The smallest absolute Gasteiger partial charge is 0.232 e. The van der Waals surface area contributed by atoms with Crippen molar-refractivity contribution in [2.45, 2.75) is 58.7 Å². The van der Waals surface area contributed by atoms with Gasteiger partial charge in [0.05, 0.1) is 30.8 Å². The quantitative estimate of drug-likeness (QED) is 0.374. The van der Waals surface area contributed by atoms with Gasteiger partial charge in [-0.25, -0.2) is 4.39 Å². The second-order valence-electron chi connectivity index (χ2n) is 9.42. The minimum Gasteiger partial charge on any atom is -0.480 e. The predicted octanol–water partition coefficient (Wildman–Crippen LogP) is 4.40. The van der Waals surface area contributed by atoms with Crippen LogP contribution in [-0.4, -0.2) is 46.1 Å². The highest BCUT2D eigenvalue weighted by Gasteiger charge is 2.23. The van der Waals surface area contributed by atoms with E-state index in [4.69, 9.17) is 9.47 Å². The molecular weight excluding hydrogens is 429 g/mol. The van der Waals surface area contributed by atoms with Crippen molar-refractivity contribution >= 4 is 30.7 Å². The Labute approximate surface area is 188 Å². The summed E-state index contributed by atoms with van der Waals surface area (Å²) in [6, 6.07) is 3.23. The average Bonchev–Trinajstić information content (AvgIpc) is 3.24. The van der Waals surface area contributed by atoms with Gasteiger partial charge in [0.15, 0.2) is 11.5 Å². The molecule has 0 spiro atoms. The van der Waals surface area contributed by atoms with Gasteiger partial charge < -0.3 is 19.4 Å². The Morgan fingerprint density at radius 2 is 1.97 bits per heavy atom. The molecule has 9 nitrogen and oxygen atoms in total. The summed E-state index contributed by atoms with van der Waals surface area (Å²) in [7, 11) is 0.213. The third kappa shape index (κ3) is 5.08. The fraction of sp³-hybridized carbons (Fsp3) is 0.524. The van der Waals surface area contributed by atoms with Crippen molar-refractivity contribution in [2.75, 3.05) is 19.0 Å². The van der Waals surface area contributed by atoms with Gasteiger partial charge in [-0.3, -0.25) is 4.68 Å². The van der Waals surface area contributed by atoms with E-state index in [0.29, 0.717) is 23.6 Å². The lowest BCUT2D eigenvalue weighted by molar-refractivity contribution is 0.0895. The molecule has 0 bridgehead atoms. The first-order valence-electron chi connectivity index (χ1n) is 10.4. The summed E-state index contributed by atoms with van der Waals surface area (Å²) in [5, 5.41) is 17.1. The van der Waals surface area contributed by atoms with Crippen molar-refractivity contribution in [1.82, 2.24) is 24.3 Å². The molecule has 172 valence electrons. The molecule has 0 aromatic carbocycles. The van der Waals surface area contributed by atoms with Crippen molar-refractivity contribution in [2.24, 2.45) is 0 Å². The topological polar surface area (TPSA) is 103 Å². The largest absolute Gasteiger partial charge is 0.480 e. The van der Waals surface area contributed by atoms with E-state index in [0.717, 1.165) is 6.04 Å². The van der Waals surface area contributed by atoms with Crippen LogP contribution in [0.1, 0.15) is 19.5 Å². The van der Waals surface area contributed by atoms with Gasteiger partial charge in [0.1, 0.15) is 17.7 Å². The number of rotatable bonds is 9. The fourth-order valence-corrected chi connectivity index (χ4v) is 3.75. The summed E-state index contributed by atoms with van der Waals surface area (Å²) in [4.78, 5) is 8.82. The molecule has 3 heterocycles. The Hall–Kier alpha value is -2.97. The molecule has 0 fully saturated rings. The number of ether oxygens (including phenoxy) is 2. The van der Waals surface area contributed by atoms with Crippen LogP contribution in [0.4, 0.5) is 16.0 Å². The molecule has 0 aliphatic heterocycles. The maximum atomic E-state index is 14.7. The molecular formula is C21H30FN7O2Si. The number of nitrogens with one attached hydrogen (secondary N) is 1. The van der Waals surface area contributed by atoms with Crippen LogP contribution in [0.3, 0.4) is 0 Å². The zero-order valence-corrected chi connectivity index (χ0v) is 20.7. The summed E-state index contributed by atoms with van der Waals surface area (Å²) < 4.78 is 29.0. The Morgan fingerprint density at radius 3 is 2.59 bits per heavy atom. The summed E-state index contributed by atoms with van der Waals surface area (Å²) in [5.41, 5.74) is 0.873. The van der Waals surface area contributed by atoms with Crippen LogP contribution in [0.15, 0.2) is 12.4 Å². The number of aryl methyl sites for hydroxylation is 1. The molecule has 0 aliphatic carbocycles. The van der Waals surface area contributed by atoms with E-state index in [1.54, 1.807) is 29.3 Å². The molecule has 3 rings (SSSR count). The Bertz CT molecular complexity index is 1160. The maximum absolute atomic E-state index is 14.7. The van der Waals surface area contributed by atoms with E-state index < -0.39 is 19.4 Å². The number of anilines is 2. The number of nitriles is 1. The van der Waals surface area contributed by atoms with Crippen molar-refractivity contribution < 1.29 is 13.9 Å². The van der Waals surface area contributed by atoms with Crippen LogP contribution in [-0.2, 0) is 17.0 Å². The number of methoxy groups -OCH3 is 1. The monoisotopic (exact) mass is 459 g/mol. The highest BCUT2D eigenvalue weighted by atomic mass is 28.3. The van der Waals surface area contributed by atoms with Crippen molar-refractivity contribution in [3.8, 4) is 11.9 Å². The molecule has 0 saturated carbocycles. The van der Waals surface area contributed by atoms with Gasteiger partial charge in [-0.1, -0.05) is 19.6 Å². The number of nitrogens with zero attached hydrogens (tertiary/aromatic N) is 6. The highest BCUT2D eigenvalue weighted by Crippen LogP contribution is 2.30. The molecule has 3 aromatic heterocycles. The van der Waals surface area contributed by atoms with Gasteiger partial charge in [0, 0.05) is 20.9 Å². The first-order valence-corrected chi connectivity index (χ1v) is 14.1. The molecule has 0 amide bonds. The number of hydrogen-bond acceptors (Lipinski definition) is 7. The van der Waals surface area contributed by atoms with Gasteiger partial charge in [-0.15, -0.1) is 0 Å². The molecule has 0 aliphatic rings. The Balaban J connectivity index is 1.91. The molecule has 0 unspecified atom stereocenters. The number of halogens is 1. The zero-order valence-electron chi connectivity index (χ0n) is 19.7. The van der Waals surface area contributed by atoms with E-state index in [1.165, 1.54) is 13.3 Å². The van der Waals surface area contributed by atoms with Crippen LogP contribution >= 0.6 is 0 Å². The zero-order chi connectivity index (χ0) is 23.7. The maximum Gasteiger partial charge on any atom is 0.232 e. The second-order valence-corrected chi connectivity index (χ2v) is 15.0. The van der Waals surface area contributed by atoms with Gasteiger partial charge >= 0.3 is 0 Å². The number of aromatic nitrogens is 5. The van der Waals surface area contributed by atoms with Crippen LogP contribution in [0.25, 0.3) is 11.0 Å². The summed E-state index contributed by atoms with van der Waals surface area (Å²) >= 11 is 0. The Kier molecular flexibility index (Phi) is 6.57. The van der Waals surface area contributed by atoms with Gasteiger partial charge in [0.2, 0.25) is 11.8 Å². The van der Waals surface area contributed by atoms with Crippen LogP contribution in [0.2, 0.25) is 25.7 Å². The molecule has 0 radical (unpaired) electrons. The van der Waals surface area contributed by atoms with E-state index in [2.05, 4.69) is 46.1 Å². The number of fused-ring (bicyclic) bond motifs is 1. The first kappa shape index (κ1) is 23.7. The van der Waals surface area contributed by atoms with E-state index >= 15 is 0 Å². The Morgan fingerprint density at radius 1 is 1.25 bits per heavy atom. The van der Waals surface area contributed by atoms with E-state index in [1.807, 2.05) is 6.92 Å². The van der Waals surface area contributed by atoms with Crippen molar-refractivity contribution in [1.29, 1.82) is 5.26 Å². The standard InChI is InChI=1S/C21H30FN7O2Si/c1-14-16(11-29(27-14)21(2,3)12-23)24-20-25-18-17(19(26-20)30-4)15(22)10-28(18)13-31-8-9-32(5,6)7/h10-11H,8-9,13H2,1-7H3,(H,24,25,26). The molecule has 1 N–H and O–H groups in total. The van der Waals surface area contributed by atoms with Crippen molar-refractivity contribution in [3.63, 3.8) is 0 Å².